The van der Waals surface area contributed by atoms with Gasteiger partial charge in [-0.2, -0.15) is 13.2 Å². The molecule has 15 heavy (non-hydrogen) atoms. The zero-order valence-corrected chi connectivity index (χ0v) is 8.49. The van der Waals surface area contributed by atoms with Gasteiger partial charge in [-0.3, -0.25) is 4.79 Å². The van der Waals surface area contributed by atoms with Crippen LogP contribution in [0.1, 0.15) is 35.9 Å². The van der Waals surface area contributed by atoms with Crippen molar-refractivity contribution in [2.24, 2.45) is 0 Å². The fraction of sp³-hybridized carbons (Fsp3) is 0.556. The number of Topliss-reactive ketones (excluding diaryl/α,β-unsaturated/α-hetero) is 1. The first kappa shape index (κ1) is 10.6. The smallest absolute Gasteiger partial charge is 0.300 e. The fourth-order valence-corrected chi connectivity index (χ4v) is 2.59. The van der Waals surface area contributed by atoms with Crippen molar-refractivity contribution in [1.29, 1.82) is 0 Å². The molecule has 1 unspecified atom stereocenters. The fourth-order valence-electron chi connectivity index (χ4n) is 1.63. The highest BCUT2D eigenvalue weighted by Gasteiger charge is 2.35. The number of ketones is 1. The Kier molecular flexibility index (Phi) is 2.54. The molecule has 2 rings (SSSR count). The van der Waals surface area contributed by atoms with Crippen LogP contribution in [-0.4, -0.2) is 10.8 Å². The number of alkyl halides is 3. The van der Waals surface area contributed by atoms with Gasteiger partial charge in [-0.1, -0.05) is 0 Å². The predicted octanol–water partition coefficient (Wildman–Crippen LogP) is 3.00. The standard InChI is InChI=1S/C9H8F3NOS/c10-9(11,12)7-4-15-8(13-7)5-1-2-6(14)3-5/h4-5H,1-3H2. The molecule has 1 aromatic rings. The average molecular weight is 235 g/mol. The van der Waals surface area contributed by atoms with Crippen molar-refractivity contribution in [1.82, 2.24) is 4.98 Å². The van der Waals surface area contributed by atoms with Crippen molar-refractivity contribution in [3.8, 4) is 0 Å². The molecule has 1 saturated carbocycles. The Morgan fingerprint density at radius 2 is 2.20 bits per heavy atom. The second-order valence-electron chi connectivity index (χ2n) is 3.55. The summed E-state index contributed by atoms with van der Waals surface area (Å²) < 4.78 is 36.7. The van der Waals surface area contributed by atoms with Gasteiger partial charge in [0.25, 0.3) is 0 Å². The molecule has 0 aliphatic heterocycles. The second kappa shape index (κ2) is 3.59. The van der Waals surface area contributed by atoms with Crippen molar-refractivity contribution in [2.45, 2.75) is 31.4 Å². The first-order chi connectivity index (χ1) is 6.97. The number of carbonyl (C=O) groups is 1. The number of hydrogen-bond acceptors (Lipinski definition) is 3. The molecular weight excluding hydrogens is 227 g/mol. The molecule has 1 aromatic heterocycles. The summed E-state index contributed by atoms with van der Waals surface area (Å²) in [6.45, 7) is 0. The molecule has 0 radical (unpaired) electrons. The Bertz CT molecular complexity index is 385. The molecule has 1 heterocycles. The van der Waals surface area contributed by atoms with Crippen LogP contribution in [0.4, 0.5) is 13.2 Å². The van der Waals surface area contributed by atoms with E-state index in [1.165, 1.54) is 0 Å². The van der Waals surface area contributed by atoms with E-state index in [1.54, 1.807) is 0 Å². The lowest BCUT2D eigenvalue weighted by Gasteiger charge is -2.03. The molecule has 0 amide bonds. The molecular formula is C9H8F3NOS. The van der Waals surface area contributed by atoms with E-state index in [-0.39, 0.29) is 11.7 Å². The van der Waals surface area contributed by atoms with E-state index in [2.05, 4.69) is 4.98 Å². The van der Waals surface area contributed by atoms with E-state index < -0.39 is 11.9 Å². The van der Waals surface area contributed by atoms with Crippen LogP contribution < -0.4 is 0 Å². The van der Waals surface area contributed by atoms with Gasteiger partial charge in [0.15, 0.2) is 5.69 Å². The minimum atomic E-state index is -4.38. The van der Waals surface area contributed by atoms with Gasteiger partial charge in [-0.15, -0.1) is 11.3 Å². The molecule has 0 spiro atoms. The van der Waals surface area contributed by atoms with Crippen LogP contribution in [0.3, 0.4) is 0 Å². The zero-order chi connectivity index (χ0) is 11.1. The summed E-state index contributed by atoms with van der Waals surface area (Å²) in [7, 11) is 0. The van der Waals surface area contributed by atoms with Gasteiger partial charge in [-0.05, 0) is 6.42 Å². The molecule has 0 saturated heterocycles. The molecule has 1 aliphatic rings. The number of halogens is 3. The van der Waals surface area contributed by atoms with E-state index in [0.29, 0.717) is 24.3 Å². The van der Waals surface area contributed by atoms with E-state index in [0.717, 1.165) is 16.7 Å². The monoisotopic (exact) mass is 235 g/mol. The summed E-state index contributed by atoms with van der Waals surface area (Å²) in [4.78, 5) is 14.5. The van der Waals surface area contributed by atoms with Crippen molar-refractivity contribution in [2.75, 3.05) is 0 Å². The highest BCUT2D eigenvalue weighted by Crippen LogP contribution is 2.37. The Balaban J connectivity index is 2.17. The first-order valence-corrected chi connectivity index (χ1v) is 5.39. The topological polar surface area (TPSA) is 30.0 Å². The van der Waals surface area contributed by atoms with Gasteiger partial charge in [0.2, 0.25) is 0 Å². The van der Waals surface area contributed by atoms with Gasteiger partial charge in [0.05, 0.1) is 5.01 Å². The van der Waals surface area contributed by atoms with Crippen LogP contribution in [0.25, 0.3) is 0 Å². The zero-order valence-electron chi connectivity index (χ0n) is 7.67. The molecule has 0 N–H and O–H groups in total. The molecule has 0 aromatic carbocycles. The molecule has 1 atom stereocenters. The van der Waals surface area contributed by atoms with E-state index in [4.69, 9.17) is 0 Å². The van der Waals surface area contributed by atoms with Gasteiger partial charge < -0.3 is 0 Å². The lowest BCUT2D eigenvalue weighted by atomic mass is 10.1. The van der Waals surface area contributed by atoms with Crippen LogP contribution in [0.2, 0.25) is 0 Å². The van der Waals surface area contributed by atoms with E-state index in [9.17, 15) is 18.0 Å². The highest BCUT2D eigenvalue weighted by molar-refractivity contribution is 7.09. The quantitative estimate of drug-likeness (QED) is 0.749. The summed E-state index contributed by atoms with van der Waals surface area (Å²) >= 11 is 0.992. The maximum Gasteiger partial charge on any atom is 0.434 e. The minimum Gasteiger partial charge on any atom is -0.300 e. The van der Waals surface area contributed by atoms with Gasteiger partial charge in [0, 0.05) is 24.1 Å². The molecule has 6 heteroatoms. The summed E-state index contributed by atoms with van der Waals surface area (Å²) in [5.74, 6) is 0.0161. The number of rotatable bonds is 1. The second-order valence-corrected chi connectivity index (χ2v) is 4.44. The van der Waals surface area contributed by atoms with E-state index >= 15 is 0 Å². The summed E-state index contributed by atoms with van der Waals surface area (Å²) in [6.07, 6.45) is -2.95. The van der Waals surface area contributed by atoms with Crippen molar-refractivity contribution >= 4 is 17.1 Å². The predicted molar refractivity (Wildman–Crippen MR) is 48.7 cm³/mol. The Hall–Kier alpha value is -0.910. The number of aromatic nitrogens is 1. The first-order valence-electron chi connectivity index (χ1n) is 4.51. The SMILES string of the molecule is O=C1CCC(c2nc(C(F)(F)F)cs2)C1. The summed E-state index contributed by atoms with van der Waals surface area (Å²) in [5.41, 5.74) is -0.846. The maximum absolute atomic E-state index is 12.2. The van der Waals surface area contributed by atoms with Crippen LogP contribution >= 0.6 is 11.3 Å². The van der Waals surface area contributed by atoms with Crippen molar-refractivity contribution < 1.29 is 18.0 Å². The maximum atomic E-state index is 12.2. The Labute approximate surface area is 88.1 Å². The van der Waals surface area contributed by atoms with Crippen LogP contribution in [0.5, 0.6) is 0 Å². The lowest BCUT2D eigenvalue weighted by Crippen LogP contribution is -2.06. The lowest BCUT2D eigenvalue weighted by molar-refractivity contribution is -0.140. The molecule has 0 bridgehead atoms. The van der Waals surface area contributed by atoms with Crippen LogP contribution in [-0.2, 0) is 11.0 Å². The molecule has 2 nitrogen and oxygen atoms in total. The minimum absolute atomic E-state index is 0.0985. The molecule has 1 fully saturated rings. The third-order valence-corrected chi connectivity index (χ3v) is 3.41. The number of nitrogens with zero attached hydrogens (tertiary/aromatic N) is 1. The third kappa shape index (κ3) is 2.19. The molecule has 1 aliphatic carbocycles. The van der Waals surface area contributed by atoms with Crippen LogP contribution in [0, 0.1) is 0 Å². The molecule has 82 valence electrons. The largest absolute Gasteiger partial charge is 0.434 e. The highest BCUT2D eigenvalue weighted by atomic mass is 32.1. The number of carbonyl (C=O) groups excluding carboxylic acids is 1. The number of thiazole rings is 1. The Morgan fingerprint density at radius 3 is 2.67 bits per heavy atom. The van der Waals surface area contributed by atoms with Gasteiger partial charge in [-0.25, -0.2) is 4.98 Å². The average Bonchev–Trinajstić information content (AvgIpc) is 2.69. The van der Waals surface area contributed by atoms with Crippen molar-refractivity contribution in [3.63, 3.8) is 0 Å². The van der Waals surface area contributed by atoms with Gasteiger partial charge >= 0.3 is 6.18 Å². The van der Waals surface area contributed by atoms with Crippen molar-refractivity contribution in [3.05, 3.63) is 16.1 Å². The third-order valence-electron chi connectivity index (χ3n) is 2.41. The summed E-state index contributed by atoms with van der Waals surface area (Å²) in [5, 5.41) is 1.45. The Morgan fingerprint density at radius 1 is 1.47 bits per heavy atom. The number of hydrogen-bond donors (Lipinski definition) is 0. The normalized spacial score (nSPS) is 22.3. The van der Waals surface area contributed by atoms with Gasteiger partial charge in [0.1, 0.15) is 5.78 Å². The summed E-state index contributed by atoms with van der Waals surface area (Å²) in [6, 6.07) is 0. The van der Waals surface area contributed by atoms with E-state index in [1.807, 2.05) is 0 Å². The van der Waals surface area contributed by atoms with Crippen LogP contribution in [0.15, 0.2) is 5.38 Å².